The Hall–Kier alpha value is -3.50. The van der Waals surface area contributed by atoms with Crippen LogP contribution in [-0.2, 0) is 11.3 Å². The molecule has 1 fully saturated rings. The molecule has 38 heavy (non-hydrogen) atoms. The third-order valence-electron chi connectivity index (χ3n) is 6.73. The van der Waals surface area contributed by atoms with Crippen LogP contribution in [0.5, 0.6) is 5.75 Å². The van der Waals surface area contributed by atoms with Crippen LogP contribution < -0.4 is 20.5 Å². The number of hydrogen-bond acceptors (Lipinski definition) is 7. The number of aromatic nitrogens is 2. The SMILES string of the molecule is COc1cc(-c2nc3ccc(N4CCCN(CCO)CC4)cc3c(=O)n2CC(=O)NCC(C)C)ccc1F. The van der Waals surface area contributed by atoms with Crippen LogP contribution in [0.2, 0.25) is 0 Å². The van der Waals surface area contributed by atoms with E-state index < -0.39 is 5.82 Å². The van der Waals surface area contributed by atoms with Crippen LogP contribution in [-0.4, -0.2) is 78.4 Å². The lowest BCUT2D eigenvalue weighted by atomic mass is 10.1. The predicted octanol–water partition coefficient (Wildman–Crippen LogP) is 2.49. The molecule has 1 aromatic heterocycles. The summed E-state index contributed by atoms with van der Waals surface area (Å²) in [7, 11) is 1.37. The zero-order valence-corrected chi connectivity index (χ0v) is 22.2. The van der Waals surface area contributed by atoms with Crippen LogP contribution in [0.15, 0.2) is 41.2 Å². The van der Waals surface area contributed by atoms with Gasteiger partial charge in [0.25, 0.3) is 5.56 Å². The Balaban J connectivity index is 1.76. The number of ether oxygens (including phenoxy) is 1. The minimum atomic E-state index is -0.528. The number of methoxy groups -OCH3 is 1. The van der Waals surface area contributed by atoms with E-state index in [-0.39, 0.29) is 42.1 Å². The molecular weight excluding hydrogens is 489 g/mol. The van der Waals surface area contributed by atoms with E-state index in [1.165, 1.54) is 29.9 Å². The molecule has 204 valence electrons. The Morgan fingerprint density at radius 1 is 1.16 bits per heavy atom. The van der Waals surface area contributed by atoms with Crippen molar-refractivity contribution in [3.63, 3.8) is 0 Å². The number of rotatable bonds is 9. The molecule has 0 spiro atoms. The summed E-state index contributed by atoms with van der Waals surface area (Å²) in [6, 6.07) is 9.87. The standard InChI is InChI=1S/C28H36FN5O4/c1-19(2)17-30-26(36)18-34-27(20-5-7-23(29)25(15-20)38-3)31-24-8-6-21(16-22(24)28(34)37)33-10-4-9-32(11-12-33)13-14-35/h5-8,15-16,19,35H,4,9-14,17-18H2,1-3H3,(H,30,36). The number of halogens is 1. The van der Waals surface area contributed by atoms with Gasteiger partial charge in [-0.3, -0.25) is 19.1 Å². The van der Waals surface area contributed by atoms with Crippen LogP contribution in [0.3, 0.4) is 0 Å². The summed E-state index contributed by atoms with van der Waals surface area (Å²) in [5.41, 5.74) is 1.54. The molecule has 0 aliphatic carbocycles. The molecule has 2 aromatic carbocycles. The highest BCUT2D eigenvalue weighted by Crippen LogP contribution is 2.27. The van der Waals surface area contributed by atoms with Gasteiger partial charge in [-0.15, -0.1) is 0 Å². The zero-order valence-electron chi connectivity index (χ0n) is 22.2. The van der Waals surface area contributed by atoms with Crippen LogP contribution in [0.25, 0.3) is 22.3 Å². The number of benzene rings is 2. The predicted molar refractivity (Wildman–Crippen MR) is 146 cm³/mol. The first-order valence-electron chi connectivity index (χ1n) is 13.0. The summed E-state index contributed by atoms with van der Waals surface area (Å²) in [6.45, 7) is 8.38. The van der Waals surface area contributed by atoms with Gasteiger partial charge in [0.15, 0.2) is 11.6 Å². The van der Waals surface area contributed by atoms with E-state index in [1.54, 1.807) is 0 Å². The third-order valence-corrected chi connectivity index (χ3v) is 6.73. The molecule has 1 aliphatic heterocycles. The number of anilines is 1. The van der Waals surface area contributed by atoms with E-state index in [2.05, 4.69) is 15.1 Å². The smallest absolute Gasteiger partial charge is 0.262 e. The van der Waals surface area contributed by atoms with Gasteiger partial charge >= 0.3 is 0 Å². The van der Waals surface area contributed by atoms with Crippen LogP contribution in [0.4, 0.5) is 10.1 Å². The van der Waals surface area contributed by atoms with Crippen LogP contribution >= 0.6 is 0 Å². The Morgan fingerprint density at radius 3 is 2.71 bits per heavy atom. The summed E-state index contributed by atoms with van der Waals surface area (Å²) in [5.74, 6) is -0.275. The van der Waals surface area contributed by atoms with Crippen molar-refractivity contribution >= 4 is 22.5 Å². The van der Waals surface area contributed by atoms with Gasteiger partial charge in [-0.1, -0.05) is 13.8 Å². The van der Waals surface area contributed by atoms with E-state index >= 15 is 0 Å². The first-order valence-corrected chi connectivity index (χ1v) is 13.0. The van der Waals surface area contributed by atoms with E-state index in [1.807, 2.05) is 32.0 Å². The molecule has 3 aromatic rings. The third kappa shape index (κ3) is 6.31. The highest BCUT2D eigenvalue weighted by atomic mass is 19.1. The van der Waals surface area contributed by atoms with E-state index in [4.69, 9.17) is 9.72 Å². The molecule has 0 saturated carbocycles. The second-order valence-electron chi connectivity index (χ2n) is 9.98. The van der Waals surface area contributed by atoms with Crippen LogP contribution in [0, 0.1) is 11.7 Å². The maximum atomic E-state index is 14.1. The maximum absolute atomic E-state index is 14.1. The van der Waals surface area contributed by atoms with Gasteiger partial charge < -0.3 is 20.1 Å². The van der Waals surface area contributed by atoms with Crippen molar-refractivity contribution in [1.29, 1.82) is 0 Å². The lowest BCUT2D eigenvalue weighted by Gasteiger charge is -2.24. The fourth-order valence-electron chi connectivity index (χ4n) is 4.68. The lowest BCUT2D eigenvalue weighted by molar-refractivity contribution is -0.121. The van der Waals surface area contributed by atoms with Gasteiger partial charge in [0.1, 0.15) is 12.4 Å². The van der Waals surface area contributed by atoms with Gasteiger partial charge in [0, 0.05) is 44.0 Å². The van der Waals surface area contributed by atoms with Crippen molar-refractivity contribution in [2.45, 2.75) is 26.8 Å². The summed E-state index contributed by atoms with van der Waals surface area (Å²) in [6.07, 6.45) is 0.946. The number of nitrogens with zero attached hydrogens (tertiary/aromatic N) is 4. The lowest BCUT2D eigenvalue weighted by Crippen LogP contribution is -2.35. The number of amides is 1. The quantitative estimate of drug-likeness (QED) is 0.443. The minimum Gasteiger partial charge on any atom is -0.494 e. The minimum absolute atomic E-state index is 0.0272. The molecule has 1 saturated heterocycles. The monoisotopic (exact) mass is 525 g/mol. The van der Waals surface area contributed by atoms with Gasteiger partial charge in [0.2, 0.25) is 5.91 Å². The Labute approximate surface area is 221 Å². The summed E-state index contributed by atoms with van der Waals surface area (Å²) in [5, 5.41) is 12.6. The average molecular weight is 526 g/mol. The van der Waals surface area contributed by atoms with E-state index in [0.717, 1.165) is 38.3 Å². The molecule has 4 rings (SSSR count). The molecule has 1 amide bonds. The topological polar surface area (TPSA) is 99.9 Å². The largest absolute Gasteiger partial charge is 0.494 e. The second kappa shape index (κ2) is 12.4. The molecular formula is C28H36FN5O4. The van der Waals surface area contributed by atoms with E-state index in [0.29, 0.717) is 29.6 Å². The first kappa shape index (κ1) is 27.5. The maximum Gasteiger partial charge on any atom is 0.262 e. The van der Waals surface area contributed by atoms with Crippen molar-refractivity contribution in [2.75, 3.05) is 57.9 Å². The van der Waals surface area contributed by atoms with Gasteiger partial charge in [-0.2, -0.15) is 0 Å². The number of nitrogens with one attached hydrogen (secondary N) is 1. The second-order valence-corrected chi connectivity index (χ2v) is 9.98. The van der Waals surface area contributed by atoms with E-state index in [9.17, 15) is 19.1 Å². The molecule has 0 bridgehead atoms. The molecule has 10 heteroatoms. The van der Waals surface area contributed by atoms with Gasteiger partial charge in [0.05, 0.1) is 24.6 Å². The van der Waals surface area contributed by atoms with Gasteiger partial charge in [-0.25, -0.2) is 9.37 Å². The number of hydrogen-bond donors (Lipinski definition) is 2. The fourth-order valence-corrected chi connectivity index (χ4v) is 4.68. The Morgan fingerprint density at radius 2 is 1.97 bits per heavy atom. The number of carbonyl (C=O) groups is 1. The number of carbonyl (C=O) groups excluding carboxylic acids is 1. The highest BCUT2D eigenvalue weighted by molar-refractivity contribution is 5.84. The first-order chi connectivity index (χ1) is 18.3. The summed E-state index contributed by atoms with van der Waals surface area (Å²) in [4.78, 5) is 35.8. The van der Waals surface area contributed by atoms with Crippen molar-refractivity contribution in [2.24, 2.45) is 5.92 Å². The van der Waals surface area contributed by atoms with Crippen molar-refractivity contribution in [1.82, 2.24) is 19.8 Å². The number of β-amino-alcohol motifs (C(OH)–C–C–N with tert-alkyl or cyclic N) is 1. The molecule has 9 nitrogen and oxygen atoms in total. The average Bonchev–Trinajstić information content (AvgIpc) is 3.15. The molecule has 0 atom stereocenters. The molecule has 0 radical (unpaired) electrons. The van der Waals surface area contributed by atoms with Crippen molar-refractivity contribution < 1.29 is 19.0 Å². The number of aliphatic hydroxyl groups is 1. The molecule has 1 aliphatic rings. The fraction of sp³-hybridized carbons (Fsp3) is 0.464. The summed E-state index contributed by atoms with van der Waals surface area (Å²) >= 11 is 0. The van der Waals surface area contributed by atoms with Crippen LogP contribution in [0.1, 0.15) is 20.3 Å². The van der Waals surface area contributed by atoms with Crippen molar-refractivity contribution in [3.8, 4) is 17.1 Å². The zero-order chi connectivity index (χ0) is 27.2. The summed E-state index contributed by atoms with van der Waals surface area (Å²) < 4.78 is 20.6. The molecule has 2 heterocycles. The highest BCUT2D eigenvalue weighted by Gasteiger charge is 2.20. The molecule has 0 unspecified atom stereocenters. The van der Waals surface area contributed by atoms with Crippen molar-refractivity contribution in [3.05, 3.63) is 52.6 Å². The Bertz CT molecular complexity index is 1340. The number of aliphatic hydroxyl groups excluding tert-OH is 1. The normalized spacial score (nSPS) is 14.6. The Kier molecular flexibility index (Phi) is 8.96. The van der Waals surface area contributed by atoms with Gasteiger partial charge in [-0.05, 0) is 55.3 Å². The molecule has 2 N–H and O–H groups in total. The number of fused-ring (bicyclic) bond motifs is 1.